The minimum atomic E-state index is -5.19. The van der Waals surface area contributed by atoms with Crippen molar-refractivity contribution in [1.82, 2.24) is 0 Å². The largest absolute Gasteiger partial charge is 0.426 e. The van der Waals surface area contributed by atoms with Gasteiger partial charge in [0, 0.05) is 0 Å². The first-order valence-electron chi connectivity index (χ1n) is 6.56. The normalized spacial score (nSPS) is 14.8. The van der Waals surface area contributed by atoms with Gasteiger partial charge in [-0.25, -0.2) is 8.42 Å². The Morgan fingerprint density at radius 1 is 1.28 bits per heavy atom. The van der Waals surface area contributed by atoms with Crippen LogP contribution >= 0.6 is 22.9 Å². The molecule has 0 bridgehead atoms. The van der Waals surface area contributed by atoms with E-state index in [4.69, 9.17) is 11.6 Å². The number of nitrogens with one attached hydrogen (secondary N) is 1. The number of sulfone groups is 1. The van der Waals surface area contributed by atoms with Gasteiger partial charge in [0.25, 0.3) is 5.91 Å². The maximum absolute atomic E-state index is 12.6. The molecular weight excluding hydrogens is 403 g/mol. The van der Waals surface area contributed by atoms with E-state index >= 15 is 0 Å². The monoisotopic (exact) mass is 413 g/mol. The molecule has 5 nitrogen and oxygen atoms in total. The van der Waals surface area contributed by atoms with E-state index in [9.17, 15) is 31.5 Å². The molecule has 0 radical (unpaired) electrons. The summed E-state index contributed by atoms with van der Waals surface area (Å²) < 4.78 is 62.7. The second-order valence-corrected chi connectivity index (χ2v) is 8.63. The Balaban J connectivity index is 2.31. The third-order valence-corrected chi connectivity index (χ3v) is 6.71. The van der Waals surface area contributed by atoms with Crippen molar-refractivity contribution in [1.29, 1.82) is 0 Å². The number of carbonyl (C=O) groups is 1. The summed E-state index contributed by atoms with van der Waals surface area (Å²) in [5.41, 5.74) is -3.89. The van der Waals surface area contributed by atoms with E-state index in [1.54, 1.807) is 11.4 Å². The van der Waals surface area contributed by atoms with Gasteiger partial charge in [0.15, 0.2) is 0 Å². The SMILES string of the molecule is CC(O)(C(=O)Nc1ccc(S(=O)(=O)c2cccs2)cc1Cl)C(F)(F)F. The van der Waals surface area contributed by atoms with Gasteiger partial charge in [0.2, 0.25) is 15.4 Å². The Hall–Kier alpha value is -1.62. The molecule has 0 saturated heterocycles. The Labute approximate surface area is 150 Å². The Kier molecular flexibility index (Phi) is 5.20. The van der Waals surface area contributed by atoms with Gasteiger partial charge in [-0.1, -0.05) is 17.7 Å². The number of amides is 1. The fourth-order valence-electron chi connectivity index (χ4n) is 1.67. The molecule has 0 spiro atoms. The lowest BCUT2D eigenvalue weighted by atomic mass is 10.1. The zero-order valence-electron chi connectivity index (χ0n) is 12.5. The summed E-state index contributed by atoms with van der Waals surface area (Å²) in [5, 5.41) is 12.4. The molecule has 0 aliphatic heterocycles. The third kappa shape index (κ3) is 3.81. The number of hydrogen-bond acceptors (Lipinski definition) is 5. The highest BCUT2D eigenvalue weighted by Gasteiger charge is 2.55. The molecule has 1 atom stereocenters. The topological polar surface area (TPSA) is 83.5 Å². The van der Waals surface area contributed by atoms with Crippen molar-refractivity contribution in [2.24, 2.45) is 0 Å². The molecule has 2 N–H and O–H groups in total. The van der Waals surface area contributed by atoms with E-state index in [0.29, 0.717) is 6.92 Å². The molecule has 1 unspecified atom stereocenters. The van der Waals surface area contributed by atoms with Crippen molar-refractivity contribution in [3.63, 3.8) is 0 Å². The first kappa shape index (κ1) is 19.7. The van der Waals surface area contributed by atoms with Crippen molar-refractivity contribution < 1.29 is 31.5 Å². The lowest BCUT2D eigenvalue weighted by Gasteiger charge is -2.25. The van der Waals surface area contributed by atoms with Gasteiger partial charge in [-0.15, -0.1) is 11.3 Å². The maximum atomic E-state index is 12.6. The second-order valence-electron chi connectivity index (χ2n) is 5.10. The Bertz CT molecular complexity index is 893. The second kappa shape index (κ2) is 6.60. The summed E-state index contributed by atoms with van der Waals surface area (Å²) >= 11 is 6.86. The molecule has 2 aromatic rings. The number of thiophene rings is 1. The van der Waals surface area contributed by atoms with Crippen LogP contribution in [0.3, 0.4) is 0 Å². The highest BCUT2D eigenvalue weighted by molar-refractivity contribution is 7.93. The summed E-state index contributed by atoms with van der Waals surface area (Å²) in [6.45, 7) is 0.297. The zero-order valence-corrected chi connectivity index (χ0v) is 14.9. The van der Waals surface area contributed by atoms with Crippen LogP contribution in [0.15, 0.2) is 44.8 Å². The molecular formula is C14H11ClF3NO4S2. The number of hydrogen-bond donors (Lipinski definition) is 2. The Morgan fingerprint density at radius 3 is 2.40 bits per heavy atom. The summed E-state index contributed by atoms with van der Waals surface area (Å²) in [6.07, 6.45) is -5.19. The van der Waals surface area contributed by atoms with Gasteiger partial charge in [0.1, 0.15) is 4.21 Å². The molecule has 25 heavy (non-hydrogen) atoms. The fraction of sp³-hybridized carbons (Fsp3) is 0.214. The van der Waals surface area contributed by atoms with Crippen LogP contribution in [0.2, 0.25) is 5.02 Å². The first-order valence-corrected chi connectivity index (χ1v) is 9.30. The number of anilines is 1. The van der Waals surface area contributed by atoms with E-state index in [1.807, 2.05) is 5.32 Å². The van der Waals surface area contributed by atoms with Crippen LogP contribution < -0.4 is 5.32 Å². The summed E-state index contributed by atoms with van der Waals surface area (Å²) in [6, 6.07) is 6.09. The Morgan fingerprint density at radius 2 is 1.92 bits per heavy atom. The molecule has 136 valence electrons. The molecule has 1 amide bonds. The minimum Gasteiger partial charge on any atom is -0.373 e. The van der Waals surface area contributed by atoms with E-state index in [-0.39, 0.29) is 19.8 Å². The highest BCUT2D eigenvalue weighted by atomic mass is 35.5. The number of alkyl halides is 3. The number of aliphatic hydroxyl groups is 1. The number of carbonyl (C=O) groups excluding carboxylic acids is 1. The van der Waals surface area contributed by atoms with Gasteiger partial charge in [0.05, 0.1) is 15.6 Å². The van der Waals surface area contributed by atoms with Crippen molar-refractivity contribution in [2.45, 2.75) is 27.8 Å². The third-order valence-electron chi connectivity index (χ3n) is 3.25. The first-order chi connectivity index (χ1) is 11.4. The van der Waals surface area contributed by atoms with Crippen LogP contribution in [0.1, 0.15) is 6.92 Å². The molecule has 2 rings (SSSR count). The quantitative estimate of drug-likeness (QED) is 0.803. The molecule has 0 fully saturated rings. The molecule has 0 aliphatic rings. The minimum absolute atomic E-state index is 0.0698. The molecule has 1 aromatic heterocycles. The predicted molar refractivity (Wildman–Crippen MR) is 86.5 cm³/mol. The van der Waals surface area contributed by atoms with Crippen molar-refractivity contribution >= 4 is 44.4 Å². The zero-order chi connectivity index (χ0) is 19.0. The van der Waals surface area contributed by atoms with E-state index in [0.717, 1.165) is 29.5 Å². The van der Waals surface area contributed by atoms with Crippen LogP contribution in [-0.2, 0) is 14.6 Å². The average Bonchev–Trinajstić information content (AvgIpc) is 3.02. The number of halogens is 4. The van der Waals surface area contributed by atoms with Gasteiger partial charge in [-0.3, -0.25) is 4.79 Å². The number of rotatable bonds is 4. The van der Waals surface area contributed by atoms with Crippen molar-refractivity contribution in [2.75, 3.05) is 5.32 Å². The number of benzene rings is 1. The van der Waals surface area contributed by atoms with Gasteiger partial charge < -0.3 is 10.4 Å². The summed E-state index contributed by atoms with van der Waals surface area (Å²) in [7, 11) is -3.82. The summed E-state index contributed by atoms with van der Waals surface area (Å²) in [4.78, 5) is 11.5. The average molecular weight is 414 g/mol. The predicted octanol–water partition coefficient (Wildman–Crippen LogP) is 3.49. The van der Waals surface area contributed by atoms with Crippen molar-refractivity contribution in [3.8, 4) is 0 Å². The molecule has 1 aromatic carbocycles. The van der Waals surface area contributed by atoms with Crippen LogP contribution in [0, 0.1) is 0 Å². The standard InChI is InChI=1S/C14H11ClF3NO4S2/c1-13(21,14(16,17)18)12(20)19-10-5-4-8(7-9(10)15)25(22,23)11-3-2-6-24-11/h2-7,21H,1H3,(H,19,20). The lowest BCUT2D eigenvalue weighted by Crippen LogP contribution is -2.52. The van der Waals surface area contributed by atoms with Gasteiger partial charge >= 0.3 is 6.18 Å². The van der Waals surface area contributed by atoms with E-state index in [1.165, 1.54) is 6.07 Å². The van der Waals surface area contributed by atoms with Gasteiger partial charge in [-0.05, 0) is 36.6 Å². The molecule has 11 heteroatoms. The van der Waals surface area contributed by atoms with E-state index in [2.05, 4.69) is 0 Å². The van der Waals surface area contributed by atoms with Crippen molar-refractivity contribution in [3.05, 3.63) is 40.7 Å². The lowest BCUT2D eigenvalue weighted by molar-refractivity contribution is -0.242. The van der Waals surface area contributed by atoms with Crippen LogP contribution in [0.5, 0.6) is 0 Å². The highest BCUT2D eigenvalue weighted by Crippen LogP contribution is 2.33. The molecule has 0 saturated carbocycles. The molecule has 1 heterocycles. The van der Waals surface area contributed by atoms with E-state index < -0.39 is 27.5 Å². The van der Waals surface area contributed by atoms with Crippen LogP contribution in [0.4, 0.5) is 18.9 Å². The fourth-order valence-corrected chi connectivity index (χ4v) is 4.38. The van der Waals surface area contributed by atoms with Crippen LogP contribution in [0.25, 0.3) is 0 Å². The maximum Gasteiger partial charge on any atom is 0.426 e. The summed E-state index contributed by atoms with van der Waals surface area (Å²) in [5.74, 6) is -1.74. The van der Waals surface area contributed by atoms with Gasteiger partial charge in [-0.2, -0.15) is 13.2 Å². The smallest absolute Gasteiger partial charge is 0.373 e. The molecule has 0 aliphatic carbocycles. The van der Waals surface area contributed by atoms with Crippen LogP contribution in [-0.4, -0.2) is 31.2 Å².